The van der Waals surface area contributed by atoms with Crippen LogP contribution < -0.4 is 18.9 Å². The molecule has 0 saturated carbocycles. The Morgan fingerprint density at radius 3 is 2.44 bits per heavy atom. The number of thioether (sulfide) groups is 1. The highest BCUT2D eigenvalue weighted by Gasteiger charge is 2.34. The van der Waals surface area contributed by atoms with E-state index in [2.05, 4.69) is 10.1 Å². The van der Waals surface area contributed by atoms with Gasteiger partial charge < -0.3 is 18.9 Å². The van der Waals surface area contributed by atoms with E-state index in [0.717, 1.165) is 11.3 Å². The van der Waals surface area contributed by atoms with Crippen molar-refractivity contribution in [1.82, 2.24) is 5.01 Å². The number of benzene rings is 2. The van der Waals surface area contributed by atoms with E-state index in [4.69, 9.17) is 24.4 Å². The molecule has 0 bridgehead atoms. The first kappa shape index (κ1) is 23.4. The molecule has 34 heavy (non-hydrogen) atoms. The summed E-state index contributed by atoms with van der Waals surface area (Å²) in [6.07, 6.45) is 1.56. The first-order chi connectivity index (χ1) is 16.4. The van der Waals surface area contributed by atoms with Crippen LogP contribution in [0.5, 0.6) is 23.0 Å². The van der Waals surface area contributed by atoms with Crippen molar-refractivity contribution in [2.45, 2.75) is 13.8 Å². The molecule has 0 fully saturated rings. The first-order valence-corrected chi connectivity index (χ1v) is 11.3. The molecule has 0 aromatic heterocycles. The lowest BCUT2D eigenvalue weighted by molar-refractivity contribution is -0.114. The van der Waals surface area contributed by atoms with Crippen molar-refractivity contribution >= 4 is 39.8 Å². The van der Waals surface area contributed by atoms with Gasteiger partial charge in [-0.15, -0.1) is 0 Å². The minimum Gasteiger partial charge on any atom is -0.493 e. The summed E-state index contributed by atoms with van der Waals surface area (Å²) in [5, 5.41) is 15.1. The normalized spacial score (nSPS) is 16.2. The summed E-state index contributed by atoms with van der Waals surface area (Å²) in [7, 11) is 3.04. The Morgan fingerprint density at radius 2 is 1.76 bits per heavy atom. The zero-order valence-corrected chi connectivity index (χ0v) is 20.1. The fourth-order valence-electron chi connectivity index (χ4n) is 3.39. The number of hydrazone groups is 1. The Kier molecular flexibility index (Phi) is 6.87. The molecule has 176 valence electrons. The number of aryl methyl sites for hydroxylation is 1. The predicted molar refractivity (Wildman–Crippen MR) is 132 cm³/mol. The Bertz CT molecular complexity index is 1210. The number of nitrogens with one attached hydrogen (secondary N) is 1. The van der Waals surface area contributed by atoms with Crippen molar-refractivity contribution in [3.8, 4) is 23.0 Å². The van der Waals surface area contributed by atoms with Crippen molar-refractivity contribution in [1.29, 1.82) is 5.41 Å². The van der Waals surface area contributed by atoms with E-state index in [1.165, 1.54) is 31.0 Å². The number of amidine groups is 2. The molecule has 2 aliphatic rings. The summed E-state index contributed by atoms with van der Waals surface area (Å²) < 4.78 is 22.7. The Hall–Kier alpha value is -3.79. The molecule has 0 spiro atoms. The van der Waals surface area contributed by atoms with E-state index in [9.17, 15) is 4.79 Å². The zero-order chi connectivity index (χ0) is 24.2. The minimum absolute atomic E-state index is 0.0362. The van der Waals surface area contributed by atoms with Gasteiger partial charge in [-0.2, -0.15) is 15.1 Å². The standard InChI is InChI=1S/C24H24N4O5S/c1-14-6-5-7-17(10-14)32-8-9-33-21-19(30-3)12-16(13-20(21)31-4)11-18-22(25)28-24(26-23(18)29)34-15(2)27-28/h5-7,10-13,25H,8-9H2,1-4H3/b18-11+,25-22?. The summed E-state index contributed by atoms with van der Waals surface area (Å²) >= 11 is 1.26. The lowest BCUT2D eigenvalue weighted by Gasteiger charge is -2.20. The van der Waals surface area contributed by atoms with Gasteiger partial charge in [0.15, 0.2) is 17.3 Å². The van der Waals surface area contributed by atoms with Crippen molar-refractivity contribution in [3.05, 3.63) is 53.1 Å². The molecule has 2 aliphatic heterocycles. The average molecular weight is 481 g/mol. The highest BCUT2D eigenvalue weighted by molar-refractivity contribution is 8.26. The molecule has 0 saturated heterocycles. The van der Waals surface area contributed by atoms with Gasteiger partial charge in [-0.1, -0.05) is 12.1 Å². The topological polar surface area (TPSA) is 106 Å². The summed E-state index contributed by atoms with van der Waals surface area (Å²) in [4.78, 5) is 16.6. The molecule has 0 aliphatic carbocycles. The number of nitrogens with zero attached hydrogens (tertiary/aromatic N) is 3. The van der Waals surface area contributed by atoms with Gasteiger partial charge in [-0.05, 0) is 67.1 Å². The average Bonchev–Trinajstić information content (AvgIpc) is 3.19. The van der Waals surface area contributed by atoms with Crippen LogP contribution in [-0.4, -0.2) is 54.4 Å². The molecule has 0 unspecified atom stereocenters. The lowest BCUT2D eigenvalue weighted by atomic mass is 10.1. The number of methoxy groups -OCH3 is 2. The fourth-order valence-corrected chi connectivity index (χ4v) is 4.12. The second kappa shape index (κ2) is 10.0. The highest BCUT2D eigenvalue weighted by Crippen LogP contribution is 2.39. The molecule has 2 aromatic rings. The molecule has 2 aromatic carbocycles. The van der Waals surface area contributed by atoms with E-state index >= 15 is 0 Å². The number of amides is 1. The predicted octanol–water partition coefficient (Wildman–Crippen LogP) is 4.11. The molecule has 1 amide bonds. The van der Waals surface area contributed by atoms with Crippen LogP contribution >= 0.6 is 11.8 Å². The Balaban J connectivity index is 1.53. The summed E-state index contributed by atoms with van der Waals surface area (Å²) in [5.74, 6) is 1.50. The van der Waals surface area contributed by atoms with E-state index in [1.54, 1.807) is 25.1 Å². The number of ether oxygens (including phenoxy) is 4. The maximum atomic E-state index is 12.6. The van der Waals surface area contributed by atoms with E-state index in [1.807, 2.05) is 31.2 Å². The van der Waals surface area contributed by atoms with Gasteiger partial charge >= 0.3 is 0 Å². The molecule has 10 heteroatoms. The number of carbonyl (C=O) groups is 1. The van der Waals surface area contributed by atoms with Crippen LogP contribution in [0.2, 0.25) is 0 Å². The number of hydrogen-bond acceptors (Lipinski definition) is 8. The van der Waals surface area contributed by atoms with Gasteiger partial charge in [0.05, 0.1) is 24.8 Å². The number of aliphatic imine (C=N–C) groups is 1. The van der Waals surface area contributed by atoms with Crippen LogP contribution in [0, 0.1) is 12.3 Å². The van der Waals surface area contributed by atoms with Crippen molar-refractivity contribution < 1.29 is 23.7 Å². The Morgan fingerprint density at radius 1 is 1.06 bits per heavy atom. The maximum Gasteiger partial charge on any atom is 0.283 e. The molecule has 9 nitrogen and oxygen atoms in total. The van der Waals surface area contributed by atoms with E-state index < -0.39 is 5.91 Å². The number of fused-ring (bicyclic) bond motifs is 1. The molecule has 0 atom stereocenters. The van der Waals surface area contributed by atoms with Gasteiger partial charge in [-0.3, -0.25) is 10.2 Å². The van der Waals surface area contributed by atoms with Crippen molar-refractivity contribution in [2.75, 3.05) is 27.4 Å². The maximum absolute atomic E-state index is 12.6. The fraction of sp³-hybridized carbons (Fsp3) is 0.250. The third-order valence-electron chi connectivity index (χ3n) is 4.94. The molecule has 4 rings (SSSR count). The number of hydrogen-bond donors (Lipinski definition) is 1. The van der Waals surface area contributed by atoms with Crippen LogP contribution in [0.15, 0.2) is 52.1 Å². The van der Waals surface area contributed by atoms with Crippen LogP contribution in [-0.2, 0) is 4.79 Å². The van der Waals surface area contributed by atoms with Crippen molar-refractivity contribution in [3.63, 3.8) is 0 Å². The van der Waals surface area contributed by atoms with Gasteiger partial charge in [0, 0.05) is 0 Å². The third kappa shape index (κ3) is 4.91. The summed E-state index contributed by atoms with van der Waals surface area (Å²) in [6, 6.07) is 11.2. The molecule has 2 heterocycles. The van der Waals surface area contributed by atoms with E-state index in [0.29, 0.717) is 39.6 Å². The summed E-state index contributed by atoms with van der Waals surface area (Å²) in [6.45, 7) is 4.40. The van der Waals surface area contributed by atoms with Gasteiger partial charge in [0.25, 0.3) is 5.91 Å². The Labute approximate surface area is 201 Å². The van der Waals surface area contributed by atoms with Crippen LogP contribution in [0.3, 0.4) is 0 Å². The monoisotopic (exact) mass is 480 g/mol. The van der Waals surface area contributed by atoms with Gasteiger partial charge in [-0.25, -0.2) is 0 Å². The minimum atomic E-state index is -0.500. The molecular formula is C24H24N4O5S. The molecule has 0 radical (unpaired) electrons. The van der Waals surface area contributed by atoms with Crippen LogP contribution in [0.1, 0.15) is 18.1 Å². The largest absolute Gasteiger partial charge is 0.493 e. The zero-order valence-electron chi connectivity index (χ0n) is 19.2. The highest BCUT2D eigenvalue weighted by atomic mass is 32.2. The van der Waals surface area contributed by atoms with Gasteiger partial charge in [0.1, 0.15) is 19.0 Å². The van der Waals surface area contributed by atoms with Gasteiger partial charge in [0.2, 0.25) is 10.9 Å². The van der Waals surface area contributed by atoms with Crippen molar-refractivity contribution in [2.24, 2.45) is 10.1 Å². The third-order valence-corrected chi connectivity index (χ3v) is 5.76. The summed E-state index contributed by atoms with van der Waals surface area (Å²) in [5.41, 5.74) is 1.83. The molecule has 1 N–H and O–H groups in total. The lowest BCUT2D eigenvalue weighted by Crippen LogP contribution is -2.35. The SMILES string of the molecule is COc1cc(/C=C2\C(=N)N3N=C(C)SC3=NC2=O)cc(OC)c1OCCOc1cccc(C)c1. The van der Waals surface area contributed by atoms with Crippen LogP contribution in [0.25, 0.3) is 6.08 Å². The quantitative estimate of drug-likeness (QED) is 0.448. The van der Waals surface area contributed by atoms with E-state index in [-0.39, 0.29) is 18.0 Å². The number of carbonyl (C=O) groups excluding carboxylic acids is 1. The number of rotatable bonds is 8. The van der Waals surface area contributed by atoms with Crippen LogP contribution in [0.4, 0.5) is 0 Å². The second-order valence-corrected chi connectivity index (χ2v) is 8.57. The second-order valence-electron chi connectivity index (χ2n) is 7.41. The molecular weight excluding hydrogens is 456 g/mol. The smallest absolute Gasteiger partial charge is 0.283 e. The first-order valence-electron chi connectivity index (χ1n) is 10.4.